The van der Waals surface area contributed by atoms with Crippen LogP contribution in [0.25, 0.3) is 16.4 Å². The van der Waals surface area contributed by atoms with E-state index in [1.807, 2.05) is 45.0 Å². The summed E-state index contributed by atoms with van der Waals surface area (Å²) in [6.07, 6.45) is 3.23. The molecule has 0 saturated heterocycles. The minimum atomic E-state index is -0.0705. The van der Waals surface area contributed by atoms with Crippen LogP contribution in [0.2, 0.25) is 0 Å². The lowest BCUT2D eigenvalue weighted by Gasteiger charge is -2.06. The standard InChI is InChI=1S/C21H27N5O2S/c1-5-7-8-13-22-20(27)19-14(3)23-21(29-19)18-15(4)26(25-24-18)16-9-11-17(12-10-16)28-6-2/h9-12H,5-8,13H2,1-4H3,(H,22,27). The first-order valence-electron chi connectivity index (χ1n) is 9.96. The van der Waals surface area contributed by atoms with Crippen LogP contribution in [0.15, 0.2) is 24.3 Å². The molecule has 0 fully saturated rings. The molecule has 2 aromatic heterocycles. The van der Waals surface area contributed by atoms with Crippen molar-refractivity contribution in [3.05, 3.63) is 40.5 Å². The maximum atomic E-state index is 12.5. The van der Waals surface area contributed by atoms with Gasteiger partial charge in [0.05, 0.1) is 23.7 Å². The van der Waals surface area contributed by atoms with E-state index >= 15 is 0 Å². The lowest BCUT2D eigenvalue weighted by Crippen LogP contribution is -2.24. The van der Waals surface area contributed by atoms with Gasteiger partial charge in [-0.05, 0) is 51.5 Å². The predicted octanol–water partition coefficient (Wildman–Crippen LogP) is 4.33. The zero-order chi connectivity index (χ0) is 20.8. The van der Waals surface area contributed by atoms with Crippen LogP contribution in [0.3, 0.4) is 0 Å². The van der Waals surface area contributed by atoms with Gasteiger partial charge in [0.1, 0.15) is 21.3 Å². The Labute approximate surface area is 175 Å². The van der Waals surface area contributed by atoms with Crippen molar-refractivity contribution in [3.8, 4) is 22.1 Å². The van der Waals surface area contributed by atoms with Crippen molar-refractivity contribution in [2.24, 2.45) is 0 Å². The molecule has 7 nitrogen and oxygen atoms in total. The number of ether oxygens (including phenoxy) is 1. The number of nitrogens with one attached hydrogen (secondary N) is 1. The molecule has 1 aromatic carbocycles. The highest BCUT2D eigenvalue weighted by Crippen LogP contribution is 2.29. The molecule has 0 bridgehead atoms. The Balaban J connectivity index is 1.79. The van der Waals surface area contributed by atoms with E-state index in [2.05, 4.69) is 27.5 Å². The van der Waals surface area contributed by atoms with Gasteiger partial charge < -0.3 is 10.1 Å². The quantitative estimate of drug-likeness (QED) is 0.528. The van der Waals surface area contributed by atoms with Crippen molar-refractivity contribution >= 4 is 17.2 Å². The molecule has 29 heavy (non-hydrogen) atoms. The van der Waals surface area contributed by atoms with Crippen molar-refractivity contribution in [1.29, 1.82) is 0 Å². The third-order valence-corrected chi connectivity index (χ3v) is 5.72. The Morgan fingerprint density at radius 2 is 1.93 bits per heavy atom. The van der Waals surface area contributed by atoms with E-state index in [0.29, 0.717) is 34.4 Å². The highest BCUT2D eigenvalue weighted by atomic mass is 32.1. The molecule has 0 spiro atoms. The van der Waals surface area contributed by atoms with Crippen LogP contribution in [0.5, 0.6) is 5.75 Å². The summed E-state index contributed by atoms with van der Waals surface area (Å²) in [5.74, 6) is 0.748. The molecular formula is C21H27N5O2S. The van der Waals surface area contributed by atoms with Crippen LogP contribution < -0.4 is 10.1 Å². The van der Waals surface area contributed by atoms with Crippen molar-refractivity contribution in [2.45, 2.75) is 47.0 Å². The van der Waals surface area contributed by atoms with E-state index in [0.717, 1.165) is 36.4 Å². The second-order valence-electron chi connectivity index (χ2n) is 6.76. The molecule has 2 heterocycles. The fraction of sp³-hybridized carbons (Fsp3) is 0.429. The van der Waals surface area contributed by atoms with Crippen molar-refractivity contribution in [1.82, 2.24) is 25.3 Å². The summed E-state index contributed by atoms with van der Waals surface area (Å²) in [5.41, 5.74) is 3.18. The van der Waals surface area contributed by atoms with Crippen LogP contribution in [-0.4, -0.2) is 39.0 Å². The molecule has 3 rings (SSSR count). The molecule has 0 atom stereocenters. The number of thiazole rings is 1. The zero-order valence-electron chi connectivity index (χ0n) is 17.4. The minimum Gasteiger partial charge on any atom is -0.494 e. The first-order valence-corrected chi connectivity index (χ1v) is 10.8. The number of carbonyl (C=O) groups is 1. The van der Waals surface area contributed by atoms with Gasteiger partial charge in [-0.15, -0.1) is 16.4 Å². The number of carbonyl (C=O) groups excluding carboxylic acids is 1. The van der Waals surface area contributed by atoms with Gasteiger partial charge in [0.2, 0.25) is 0 Å². The normalized spacial score (nSPS) is 10.9. The number of benzene rings is 1. The van der Waals surface area contributed by atoms with Crippen molar-refractivity contribution in [2.75, 3.05) is 13.2 Å². The number of hydrogen-bond donors (Lipinski definition) is 1. The summed E-state index contributed by atoms with van der Waals surface area (Å²) >= 11 is 1.36. The van der Waals surface area contributed by atoms with Crippen LogP contribution >= 0.6 is 11.3 Å². The number of aromatic nitrogens is 4. The molecule has 0 aliphatic rings. The molecule has 0 unspecified atom stereocenters. The highest BCUT2D eigenvalue weighted by molar-refractivity contribution is 7.17. The average molecular weight is 414 g/mol. The molecule has 0 saturated carbocycles. The minimum absolute atomic E-state index is 0.0705. The van der Waals surface area contributed by atoms with E-state index in [-0.39, 0.29) is 5.91 Å². The molecule has 0 aliphatic carbocycles. The molecule has 1 N–H and O–H groups in total. The van der Waals surface area contributed by atoms with Crippen molar-refractivity contribution < 1.29 is 9.53 Å². The number of hydrogen-bond acceptors (Lipinski definition) is 6. The van der Waals surface area contributed by atoms with Gasteiger partial charge in [-0.3, -0.25) is 4.79 Å². The molecule has 1 amide bonds. The average Bonchev–Trinajstić information content (AvgIpc) is 3.28. The highest BCUT2D eigenvalue weighted by Gasteiger charge is 2.20. The van der Waals surface area contributed by atoms with Crippen LogP contribution in [0.1, 0.15) is 54.2 Å². The predicted molar refractivity (Wildman–Crippen MR) is 115 cm³/mol. The van der Waals surface area contributed by atoms with Gasteiger partial charge in [0.15, 0.2) is 0 Å². The molecular weight excluding hydrogens is 386 g/mol. The maximum absolute atomic E-state index is 12.5. The SMILES string of the molecule is CCCCCNC(=O)c1sc(-c2nnn(-c3ccc(OCC)cc3)c2C)nc1C. The second-order valence-corrected chi connectivity index (χ2v) is 7.76. The Hall–Kier alpha value is -2.74. The van der Waals surface area contributed by atoms with Crippen LogP contribution in [0.4, 0.5) is 0 Å². The lowest BCUT2D eigenvalue weighted by atomic mass is 10.2. The van der Waals surface area contributed by atoms with Gasteiger partial charge >= 0.3 is 0 Å². The van der Waals surface area contributed by atoms with Gasteiger partial charge in [0, 0.05) is 6.54 Å². The van der Waals surface area contributed by atoms with Gasteiger partial charge in [-0.1, -0.05) is 25.0 Å². The Bertz CT molecular complexity index is 962. The number of rotatable bonds is 9. The summed E-state index contributed by atoms with van der Waals surface area (Å²) in [6, 6.07) is 7.71. The molecule has 8 heteroatoms. The molecule has 154 valence electrons. The van der Waals surface area contributed by atoms with Crippen LogP contribution in [0, 0.1) is 13.8 Å². The van der Waals surface area contributed by atoms with Gasteiger partial charge in [-0.25, -0.2) is 9.67 Å². The van der Waals surface area contributed by atoms with Gasteiger partial charge in [0.25, 0.3) is 5.91 Å². The Morgan fingerprint density at radius 3 is 2.62 bits per heavy atom. The van der Waals surface area contributed by atoms with Gasteiger partial charge in [-0.2, -0.15) is 0 Å². The monoisotopic (exact) mass is 413 g/mol. The zero-order valence-corrected chi connectivity index (χ0v) is 18.2. The summed E-state index contributed by atoms with van der Waals surface area (Å²) in [4.78, 5) is 17.7. The Morgan fingerprint density at radius 1 is 1.17 bits per heavy atom. The first-order chi connectivity index (χ1) is 14.0. The molecule has 0 radical (unpaired) electrons. The lowest BCUT2D eigenvalue weighted by molar-refractivity contribution is 0.0956. The summed E-state index contributed by atoms with van der Waals surface area (Å²) in [5, 5.41) is 12.3. The summed E-state index contributed by atoms with van der Waals surface area (Å²) < 4.78 is 7.26. The Kier molecular flexibility index (Phi) is 6.98. The van der Waals surface area contributed by atoms with E-state index in [1.165, 1.54) is 11.3 Å². The summed E-state index contributed by atoms with van der Waals surface area (Å²) in [6.45, 7) is 9.22. The van der Waals surface area contributed by atoms with Crippen LogP contribution in [-0.2, 0) is 0 Å². The smallest absolute Gasteiger partial charge is 0.263 e. The largest absolute Gasteiger partial charge is 0.494 e. The topological polar surface area (TPSA) is 81.9 Å². The number of amides is 1. The number of aryl methyl sites for hydroxylation is 1. The van der Waals surface area contributed by atoms with E-state index in [4.69, 9.17) is 4.74 Å². The number of unbranched alkanes of at least 4 members (excludes halogenated alkanes) is 2. The third kappa shape index (κ3) is 4.82. The summed E-state index contributed by atoms with van der Waals surface area (Å²) in [7, 11) is 0. The maximum Gasteiger partial charge on any atom is 0.263 e. The van der Waals surface area contributed by atoms with E-state index in [9.17, 15) is 4.79 Å². The fourth-order valence-electron chi connectivity index (χ4n) is 2.99. The van der Waals surface area contributed by atoms with Crippen molar-refractivity contribution in [3.63, 3.8) is 0 Å². The van der Waals surface area contributed by atoms with E-state index in [1.54, 1.807) is 4.68 Å². The molecule has 3 aromatic rings. The third-order valence-electron chi connectivity index (χ3n) is 4.56. The number of nitrogens with zero attached hydrogens (tertiary/aromatic N) is 4. The first kappa shape index (κ1) is 21.0. The van der Waals surface area contributed by atoms with E-state index < -0.39 is 0 Å². The molecule has 0 aliphatic heterocycles. The fourth-order valence-corrected chi connectivity index (χ4v) is 4.01. The second kappa shape index (κ2) is 9.65.